The highest BCUT2D eigenvalue weighted by Crippen LogP contribution is 2.41. The fourth-order valence-electron chi connectivity index (χ4n) is 1.99. The van der Waals surface area contributed by atoms with Gasteiger partial charge in [0.2, 0.25) is 0 Å². The van der Waals surface area contributed by atoms with Crippen LogP contribution in [0, 0.1) is 0 Å². The number of alkyl halides is 1. The van der Waals surface area contributed by atoms with Gasteiger partial charge in [0.1, 0.15) is 0 Å². The van der Waals surface area contributed by atoms with E-state index >= 15 is 0 Å². The molecule has 0 aliphatic rings. The van der Waals surface area contributed by atoms with Crippen molar-refractivity contribution in [2.75, 3.05) is 6.26 Å². The van der Waals surface area contributed by atoms with Gasteiger partial charge in [0.15, 0.2) is 4.87 Å². The third-order valence-corrected chi connectivity index (χ3v) is 4.32. The fourth-order valence-corrected chi connectivity index (χ4v) is 2.99. The van der Waals surface area contributed by atoms with E-state index in [0.29, 0.717) is 11.1 Å². The van der Waals surface area contributed by atoms with Crippen LogP contribution >= 0.6 is 23.4 Å². The first-order valence-electron chi connectivity index (χ1n) is 5.72. The lowest BCUT2D eigenvalue weighted by Gasteiger charge is -2.25. The lowest BCUT2D eigenvalue weighted by atomic mass is 9.90. The van der Waals surface area contributed by atoms with Crippen LogP contribution in [0.15, 0.2) is 59.5 Å². The molecule has 0 saturated carbocycles. The van der Waals surface area contributed by atoms with Gasteiger partial charge in [-0.1, -0.05) is 60.1 Å². The number of carboxylic acids is 1. The molecule has 1 atom stereocenters. The summed E-state index contributed by atoms with van der Waals surface area (Å²) in [6.07, 6.45) is 1.91. The van der Waals surface area contributed by atoms with E-state index < -0.39 is 10.8 Å². The Morgan fingerprint density at radius 3 is 2.26 bits per heavy atom. The summed E-state index contributed by atoms with van der Waals surface area (Å²) >= 11 is 7.98. The summed E-state index contributed by atoms with van der Waals surface area (Å²) in [6, 6.07) is 16.2. The molecule has 2 nitrogen and oxygen atoms in total. The third-order valence-electron chi connectivity index (χ3n) is 2.94. The Morgan fingerprint density at radius 2 is 1.68 bits per heavy atom. The highest BCUT2D eigenvalue weighted by Gasteiger charge is 2.41. The zero-order chi connectivity index (χ0) is 13.9. The zero-order valence-electron chi connectivity index (χ0n) is 10.3. The van der Waals surface area contributed by atoms with Crippen molar-refractivity contribution < 1.29 is 9.90 Å². The molecule has 0 aromatic heterocycles. The van der Waals surface area contributed by atoms with Crippen LogP contribution in [0.4, 0.5) is 0 Å². The van der Waals surface area contributed by atoms with E-state index in [9.17, 15) is 9.90 Å². The van der Waals surface area contributed by atoms with Crippen LogP contribution in [0.25, 0.3) is 0 Å². The van der Waals surface area contributed by atoms with Crippen molar-refractivity contribution in [2.45, 2.75) is 9.77 Å². The van der Waals surface area contributed by atoms with Crippen LogP contribution in [0.5, 0.6) is 0 Å². The first kappa shape index (κ1) is 14.0. The minimum absolute atomic E-state index is 0.561. The maximum Gasteiger partial charge on any atom is 0.334 e. The van der Waals surface area contributed by atoms with Crippen LogP contribution in [-0.2, 0) is 9.67 Å². The first-order valence-corrected chi connectivity index (χ1v) is 7.32. The normalized spacial score (nSPS) is 13.8. The molecule has 0 amide bonds. The van der Waals surface area contributed by atoms with Crippen LogP contribution in [0.2, 0.25) is 0 Å². The van der Waals surface area contributed by atoms with Gasteiger partial charge in [-0.05, 0) is 17.9 Å². The van der Waals surface area contributed by atoms with E-state index in [2.05, 4.69) is 0 Å². The summed E-state index contributed by atoms with van der Waals surface area (Å²) in [5, 5.41) is 9.62. The van der Waals surface area contributed by atoms with Crippen LogP contribution in [-0.4, -0.2) is 17.3 Å². The van der Waals surface area contributed by atoms with Gasteiger partial charge >= 0.3 is 5.97 Å². The van der Waals surface area contributed by atoms with Crippen LogP contribution < -0.4 is 0 Å². The molecule has 2 aromatic rings. The molecule has 1 N–H and O–H groups in total. The molecule has 1 unspecified atom stereocenters. The zero-order valence-corrected chi connectivity index (χ0v) is 11.9. The number of hydrogen-bond acceptors (Lipinski definition) is 2. The van der Waals surface area contributed by atoms with Gasteiger partial charge in [0.05, 0.1) is 0 Å². The van der Waals surface area contributed by atoms with E-state index in [0.717, 1.165) is 4.90 Å². The average Bonchev–Trinajstić information content (AvgIpc) is 2.47. The summed E-state index contributed by atoms with van der Waals surface area (Å²) < 4.78 is 0. The van der Waals surface area contributed by atoms with Gasteiger partial charge < -0.3 is 5.11 Å². The SMILES string of the molecule is CSc1ccccc1C(Cl)(C(=O)O)c1ccccc1. The molecule has 2 rings (SSSR count). The molecule has 19 heavy (non-hydrogen) atoms. The van der Waals surface area contributed by atoms with Crippen molar-refractivity contribution in [1.29, 1.82) is 0 Å². The number of thioether (sulfide) groups is 1. The fraction of sp³-hybridized carbons (Fsp3) is 0.133. The molecule has 4 heteroatoms. The molecule has 0 aliphatic carbocycles. The Hall–Kier alpha value is -1.45. The minimum atomic E-state index is -1.55. The van der Waals surface area contributed by atoms with E-state index in [-0.39, 0.29) is 0 Å². The Labute approximate surface area is 121 Å². The third kappa shape index (κ3) is 2.48. The van der Waals surface area contributed by atoms with E-state index in [1.807, 2.05) is 24.5 Å². The van der Waals surface area contributed by atoms with E-state index in [1.165, 1.54) is 11.8 Å². The van der Waals surface area contributed by atoms with Crippen molar-refractivity contribution in [3.8, 4) is 0 Å². The Bertz CT molecular complexity index is 586. The lowest BCUT2D eigenvalue weighted by molar-refractivity contribution is -0.139. The minimum Gasteiger partial charge on any atom is -0.479 e. The number of benzene rings is 2. The number of rotatable bonds is 4. The van der Waals surface area contributed by atoms with Gasteiger partial charge in [0.25, 0.3) is 0 Å². The van der Waals surface area contributed by atoms with Crippen molar-refractivity contribution in [3.63, 3.8) is 0 Å². The highest BCUT2D eigenvalue weighted by molar-refractivity contribution is 7.98. The van der Waals surface area contributed by atoms with E-state index in [1.54, 1.807) is 36.4 Å². The topological polar surface area (TPSA) is 37.3 Å². The average molecular weight is 293 g/mol. The van der Waals surface area contributed by atoms with Crippen molar-refractivity contribution in [1.82, 2.24) is 0 Å². The van der Waals surface area contributed by atoms with Gasteiger partial charge in [-0.2, -0.15) is 0 Å². The monoisotopic (exact) mass is 292 g/mol. The molecule has 0 saturated heterocycles. The first-order chi connectivity index (χ1) is 9.10. The molecule has 98 valence electrons. The molecular formula is C15H13ClO2S. The Kier molecular flexibility index (Phi) is 4.17. The van der Waals surface area contributed by atoms with Gasteiger partial charge in [-0.15, -0.1) is 11.8 Å². The summed E-state index contributed by atoms with van der Waals surface area (Å²) in [7, 11) is 0. The second-order valence-electron chi connectivity index (χ2n) is 4.03. The molecule has 0 radical (unpaired) electrons. The standard InChI is InChI=1S/C15H13ClO2S/c1-19-13-10-6-5-9-12(13)15(16,14(17)18)11-7-3-2-4-8-11/h2-10H,1H3,(H,17,18). The summed E-state index contributed by atoms with van der Waals surface area (Å²) in [6.45, 7) is 0. The maximum absolute atomic E-state index is 11.7. The highest BCUT2D eigenvalue weighted by atomic mass is 35.5. The van der Waals surface area contributed by atoms with Crippen molar-refractivity contribution in [3.05, 3.63) is 65.7 Å². The number of carboxylic acid groups (broad SMARTS) is 1. The Morgan fingerprint density at radius 1 is 1.11 bits per heavy atom. The molecular weight excluding hydrogens is 280 g/mol. The van der Waals surface area contributed by atoms with Gasteiger partial charge in [0, 0.05) is 10.5 Å². The predicted octanol–water partition coefficient (Wildman–Crippen LogP) is 3.98. The predicted molar refractivity (Wildman–Crippen MR) is 78.9 cm³/mol. The quantitative estimate of drug-likeness (QED) is 0.684. The summed E-state index contributed by atoms with van der Waals surface area (Å²) in [5.74, 6) is -1.07. The molecule has 0 spiro atoms. The van der Waals surface area contributed by atoms with E-state index in [4.69, 9.17) is 11.6 Å². The number of aliphatic carboxylic acids is 1. The second kappa shape index (κ2) is 5.68. The van der Waals surface area contributed by atoms with Gasteiger partial charge in [-0.25, -0.2) is 4.79 Å². The number of hydrogen-bond donors (Lipinski definition) is 1. The lowest BCUT2D eigenvalue weighted by Crippen LogP contribution is -2.31. The molecule has 2 aromatic carbocycles. The number of carbonyl (C=O) groups is 1. The molecule has 0 heterocycles. The molecule has 0 aliphatic heterocycles. The van der Waals surface area contributed by atoms with Crippen LogP contribution in [0.3, 0.4) is 0 Å². The van der Waals surface area contributed by atoms with Crippen molar-refractivity contribution >= 4 is 29.3 Å². The maximum atomic E-state index is 11.7. The largest absolute Gasteiger partial charge is 0.479 e. The Balaban J connectivity index is 2.67. The number of halogens is 1. The molecule has 0 bridgehead atoms. The molecule has 0 fully saturated rings. The van der Waals surface area contributed by atoms with Gasteiger partial charge in [-0.3, -0.25) is 0 Å². The summed E-state index contributed by atoms with van der Waals surface area (Å²) in [5.41, 5.74) is 1.16. The van der Waals surface area contributed by atoms with Crippen molar-refractivity contribution in [2.24, 2.45) is 0 Å². The summed E-state index contributed by atoms with van der Waals surface area (Å²) in [4.78, 5) is 11.1. The van der Waals surface area contributed by atoms with Crippen LogP contribution in [0.1, 0.15) is 11.1 Å². The second-order valence-corrected chi connectivity index (χ2v) is 5.44. The smallest absolute Gasteiger partial charge is 0.334 e.